The fourth-order valence-electron chi connectivity index (χ4n) is 3.43. The molecule has 0 bridgehead atoms. The topological polar surface area (TPSA) is 96.3 Å². The van der Waals surface area contributed by atoms with E-state index in [-0.39, 0.29) is 18.6 Å². The molecule has 1 amide bonds. The molecular formula is C23H24N2O4S. The molecule has 7 heteroatoms. The van der Waals surface area contributed by atoms with E-state index in [1.165, 1.54) is 11.3 Å². The van der Waals surface area contributed by atoms with E-state index in [2.05, 4.69) is 11.4 Å². The number of anilines is 1. The number of nitriles is 1. The lowest BCUT2D eigenvalue weighted by molar-refractivity contribution is -0.147. The van der Waals surface area contributed by atoms with E-state index in [0.717, 1.165) is 48.1 Å². The number of carbonyl (C=O) groups excluding carboxylic acids is 3. The number of esters is 1. The molecule has 0 saturated heterocycles. The van der Waals surface area contributed by atoms with Crippen molar-refractivity contribution in [2.75, 3.05) is 11.9 Å². The smallest absolute Gasteiger partial charge is 0.306 e. The van der Waals surface area contributed by atoms with Gasteiger partial charge in [-0.2, -0.15) is 5.26 Å². The number of thiophene rings is 1. The molecule has 0 spiro atoms. The summed E-state index contributed by atoms with van der Waals surface area (Å²) in [7, 11) is 0. The maximum Gasteiger partial charge on any atom is 0.306 e. The van der Waals surface area contributed by atoms with Crippen LogP contribution < -0.4 is 5.32 Å². The quantitative estimate of drug-likeness (QED) is 0.405. The van der Waals surface area contributed by atoms with Crippen LogP contribution in [0.2, 0.25) is 0 Å². The van der Waals surface area contributed by atoms with Crippen LogP contribution in [0, 0.1) is 18.3 Å². The highest BCUT2D eigenvalue weighted by atomic mass is 32.1. The number of nitrogens with zero attached hydrogens (tertiary/aromatic N) is 1. The first-order valence-corrected chi connectivity index (χ1v) is 10.9. The molecule has 156 valence electrons. The molecule has 3 rings (SSSR count). The fraction of sp³-hybridized carbons (Fsp3) is 0.391. The van der Waals surface area contributed by atoms with E-state index in [1.54, 1.807) is 12.1 Å². The number of Topliss-reactive ketones (excluding diaryl/α,β-unsaturated/α-hetero) is 1. The van der Waals surface area contributed by atoms with Crippen molar-refractivity contribution in [2.24, 2.45) is 0 Å². The number of hydrogen-bond donors (Lipinski definition) is 1. The van der Waals surface area contributed by atoms with Crippen LogP contribution in [0.15, 0.2) is 24.3 Å². The van der Waals surface area contributed by atoms with Gasteiger partial charge in [-0.3, -0.25) is 14.4 Å². The number of nitrogens with one attached hydrogen (secondary N) is 1. The van der Waals surface area contributed by atoms with Crippen LogP contribution >= 0.6 is 11.3 Å². The summed E-state index contributed by atoms with van der Waals surface area (Å²) in [5.74, 6) is -1.23. The number of rotatable bonds is 7. The minimum atomic E-state index is -0.604. The number of fused-ring (bicyclic) bond motifs is 1. The van der Waals surface area contributed by atoms with Gasteiger partial charge in [0.15, 0.2) is 12.4 Å². The van der Waals surface area contributed by atoms with E-state index in [1.807, 2.05) is 19.1 Å². The van der Waals surface area contributed by atoms with E-state index in [9.17, 15) is 19.6 Å². The molecule has 0 saturated carbocycles. The molecule has 0 aliphatic heterocycles. The van der Waals surface area contributed by atoms with Crippen LogP contribution in [-0.4, -0.2) is 24.3 Å². The number of hydrogen-bond acceptors (Lipinski definition) is 6. The first-order chi connectivity index (χ1) is 14.5. The Bertz CT molecular complexity index is 986. The van der Waals surface area contributed by atoms with Gasteiger partial charge in [-0.1, -0.05) is 36.2 Å². The van der Waals surface area contributed by atoms with Gasteiger partial charge >= 0.3 is 5.97 Å². The third-order valence-electron chi connectivity index (χ3n) is 5.08. The third kappa shape index (κ3) is 5.55. The molecule has 2 aromatic rings. The summed E-state index contributed by atoms with van der Waals surface area (Å²) < 4.78 is 5.00. The molecule has 0 radical (unpaired) electrons. The molecule has 6 nitrogen and oxygen atoms in total. The van der Waals surface area contributed by atoms with Crippen LogP contribution in [0.3, 0.4) is 0 Å². The van der Waals surface area contributed by atoms with Crippen molar-refractivity contribution in [2.45, 2.75) is 51.9 Å². The minimum Gasteiger partial charge on any atom is -0.456 e. The normalized spacial score (nSPS) is 12.9. The van der Waals surface area contributed by atoms with Crippen molar-refractivity contribution < 1.29 is 19.1 Å². The first-order valence-electron chi connectivity index (χ1n) is 10.1. The van der Waals surface area contributed by atoms with Gasteiger partial charge in [0.05, 0.1) is 12.0 Å². The predicted octanol–water partition coefficient (Wildman–Crippen LogP) is 4.34. The van der Waals surface area contributed by atoms with Crippen LogP contribution in [0.25, 0.3) is 0 Å². The van der Waals surface area contributed by atoms with Gasteiger partial charge in [0.1, 0.15) is 11.1 Å². The average molecular weight is 425 g/mol. The molecule has 0 unspecified atom stereocenters. The monoisotopic (exact) mass is 424 g/mol. The second kappa shape index (κ2) is 10.2. The Labute approximate surface area is 179 Å². The number of carbonyl (C=O) groups is 3. The summed E-state index contributed by atoms with van der Waals surface area (Å²) in [5.41, 5.74) is 3.17. The highest BCUT2D eigenvalue weighted by Crippen LogP contribution is 2.36. The molecule has 1 aliphatic rings. The Hall–Kier alpha value is -2.98. The van der Waals surface area contributed by atoms with Crippen LogP contribution in [0.5, 0.6) is 0 Å². The predicted molar refractivity (Wildman–Crippen MR) is 115 cm³/mol. The SMILES string of the molecule is Cc1ccc(C(=O)CCC(=O)OCC(=O)Nc2sc3c(c2C#N)CCCCC3)cc1. The van der Waals surface area contributed by atoms with Gasteiger partial charge in [0.25, 0.3) is 5.91 Å². The molecule has 0 fully saturated rings. The average Bonchev–Trinajstić information content (AvgIpc) is 2.89. The lowest BCUT2D eigenvalue weighted by Gasteiger charge is -2.06. The van der Waals surface area contributed by atoms with Gasteiger partial charge in [-0.15, -0.1) is 11.3 Å². The van der Waals surface area contributed by atoms with Gasteiger partial charge in [0.2, 0.25) is 0 Å². The van der Waals surface area contributed by atoms with Gasteiger partial charge < -0.3 is 10.1 Å². The number of ether oxygens (including phenoxy) is 1. The molecule has 1 aromatic heterocycles. The highest BCUT2D eigenvalue weighted by Gasteiger charge is 2.21. The van der Waals surface area contributed by atoms with Crippen molar-refractivity contribution in [1.29, 1.82) is 5.26 Å². The highest BCUT2D eigenvalue weighted by molar-refractivity contribution is 7.16. The summed E-state index contributed by atoms with van der Waals surface area (Å²) in [5, 5.41) is 12.7. The van der Waals surface area contributed by atoms with Gasteiger partial charge in [0, 0.05) is 16.9 Å². The molecule has 1 aliphatic carbocycles. The standard InChI is InChI=1S/C23H24N2O4S/c1-15-7-9-16(10-8-15)19(26)11-12-22(28)29-14-21(27)25-23-18(13-24)17-5-3-2-4-6-20(17)30-23/h7-10H,2-6,11-12,14H2,1H3,(H,25,27). The maximum atomic E-state index is 12.2. The van der Waals surface area contributed by atoms with E-state index >= 15 is 0 Å². The Morgan fingerprint density at radius 1 is 1.10 bits per heavy atom. The number of ketones is 1. The van der Waals surface area contributed by atoms with Gasteiger partial charge in [-0.25, -0.2) is 0 Å². The summed E-state index contributed by atoms with van der Waals surface area (Å²) in [6.07, 6.45) is 5.01. The Kier molecular flexibility index (Phi) is 7.36. The summed E-state index contributed by atoms with van der Waals surface area (Å²) in [6.45, 7) is 1.49. The van der Waals surface area contributed by atoms with Crippen molar-refractivity contribution in [3.63, 3.8) is 0 Å². The van der Waals surface area contributed by atoms with Crippen LogP contribution in [0.4, 0.5) is 5.00 Å². The van der Waals surface area contributed by atoms with E-state index in [4.69, 9.17) is 4.74 Å². The number of benzene rings is 1. The van der Waals surface area contributed by atoms with E-state index in [0.29, 0.717) is 16.1 Å². The van der Waals surface area contributed by atoms with Crippen LogP contribution in [0.1, 0.15) is 64.0 Å². The Morgan fingerprint density at radius 2 is 1.83 bits per heavy atom. The van der Waals surface area contributed by atoms with Crippen molar-refractivity contribution >= 4 is 34.0 Å². The number of aryl methyl sites for hydroxylation is 2. The summed E-state index contributed by atoms with van der Waals surface area (Å²) in [4.78, 5) is 37.4. The van der Waals surface area contributed by atoms with Crippen molar-refractivity contribution in [1.82, 2.24) is 0 Å². The lowest BCUT2D eigenvalue weighted by Crippen LogP contribution is -2.21. The Balaban J connectivity index is 1.48. The Morgan fingerprint density at radius 3 is 2.57 bits per heavy atom. The maximum absolute atomic E-state index is 12.2. The van der Waals surface area contributed by atoms with Crippen molar-refractivity contribution in [3.05, 3.63) is 51.4 Å². The zero-order valence-electron chi connectivity index (χ0n) is 17.0. The second-order valence-electron chi connectivity index (χ2n) is 7.38. The molecule has 30 heavy (non-hydrogen) atoms. The summed E-state index contributed by atoms with van der Waals surface area (Å²) >= 11 is 1.44. The fourth-order valence-corrected chi connectivity index (χ4v) is 4.69. The largest absolute Gasteiger partial charge is 0.456 e. The van der Waals surface area contributed by atoms with E-state index < -0.39 is 18.5 Å². The second-order valence-corrected chi connectivity index (χ2v) is 8.48. The molecular weight excluding hydrogens is 400 g/mol. The molecule has 1 N–H and O–H groups in total. The third-order valence-corrected chi connectivity index (χ3v) is 6.29. The van der Waals surface area contributed by atoms with Crippen LogP contribution in [-0.2, 0) is 27.2 Å². The lowest BCUT2D eigenvalue weighted by atomic mass is 10.1. The molecule has 1 aromatic carbocycles. The summed E-state index contributed by atoms with van der Waals surface area (Å²) in [6, 6.07) is 9.35. The van der Waals surface area contributed by atoms with Gasteiger partial charge in [-0.05, 0) is 38.2 Å². The zero-order valence-corrected chi connectivity index (χ0v) is 17.8. The molecule has 1 heterocycles. The zero-order chi connectivity index (χ0) is 21.5. The first kappa shape index (κ1) is 21.7. The molecule has 0 atom stereocenters. The van der Waals surface area contributed by atoms with Crippen molar-refractivity contribution in [3.8, 4) is 6.07 Å². The minimum absolute atomic E-state index is 0.0275. The number of amides is 1.